The molecule has 0 bridgehead atoms. The Morgan fingerprint density at radius 2 is 1.79 bits per heavy atom. The second-order valence-electron chi connectivity index (χ2n) is 6.64. The van der Waals surface area contributed by atoms with Crippen LogP contribution in [0.1, 0.15) is 21.6 Å². The van der Waals surface area contributed by atoms with E-state index in [0.29, 0.717) is 12.2 Å². The molecule has 0 aliphatic rings. The Hall–Kier alpha value is -2.31. The van der Waals surface area contributed by atoms with Crippen molar-refractivity contribution in [3.8, 4) is 0 Å². The number of carbonyl (C=O) groups is 1. The number of fused-ring (bicyclic) bond motifs is 1. The molecule has 0 radical (unpaired) electrons. The van der Waals surface area contributed by atoms with Gasteiger partial charge in [-0.15, -0.1) is 0 Å². The van der Waals surface area contributed by atoms with Crippen molar-refractivity contribution in [3.63, 3.8) is 0 Å². The molecule has 4 aromatic rings. The number of aromatic amines is 1. The van der Waals surface area contributed by atoms with Crippen molar-refractivity contribution in [2.45, 2.75) is 13.0 Å². The molecule has 0 atom stereocenters. The van der Waals surface area contributed by atoms with Crippen LogP contribution >= 0.6 is 31.9 Å². The molecule has 0 spiro atoms. The summed E-state index contributed by atoms with van der Waals surface area (Å²) >= 11 is 6.75. The first kappa shape index (κ1) is 19.0. The summed E-state index contributed by atoms with van der Waals surface area (Å²) in [6.45, 7) is 1.41. The van der Waals surface area contributed by atoms with Crippen LogP contribution in [-0.4, -0.2) is 22.0 Å². The largest absolute Gasteiger partial charge is 0.350 e. The number of para-hydroxylation sites is 1. The van der Waals surface area contributed by atoms with Crippen molar-refractivity contribution in [2.75, 3.05) is 6.54 Å². The van der Waals surface area contributed by atoms with Gasteiger partial charge in [0.2, 0.25) is 0 Å². The van der Waals surface area contributed by atoms with Gasteiger partial charge in [-0.05, 0) is 61.5 Å². The molecule has 2 heterocycles. The third kappa shape index (κ3) is 4.08. The molecule has 2 N–H and O–H groups in total. The van der Waals surface area contributed by atoms with E-state index in [4.69, 9.17) is 0 Å². The van der Waals surface area contributed by atoms with Gasteiger partial charge in [-0.1, -0.05) is 48.5 Å². The normalized spacial score (nSPS) is 11.1. The first-order chi connectivity index (χ1) is 13.6. The molecule has 0 fully saturated rings. The van der Waals surface area contributed by atoms with E-state index < -0.39 is 0 Å². The fourth-order valence-electron chi connectivity index (χ4n) is 3.37. The lowest BCUT2D eigenvalue weighted by molar-refractivity contribution is 0.0949. The molecule has 4 rings (SSSR count). The van der Waals surface area contributed by atoms with Crippen LogP contribution in [0.5, 0.6) is 0 Å². The Bertz CT molecular complexity index is 1100. The van der Waals surface area contributed by atoms with E-state index >= 15 is 0 Å². The summed E-state index contributed by atoms with van der Waals surface area (Å²) in [4.78, 5) is 15.3. The maximum atomic E-state index is 12.3. The van der Waals surface area contributed by atoms with Gasteiger partial charge in [-0.25, -0.2) is 0 Å². The van der Waals surface area contributed by atoms with Crippen molar-refractivity contribution < 1.29 is 4.79 Å². The highest BCUT2D eigenvalue weighted by Crippen LogP contribution is 2.24. The van der Waals surface area contributed by atoms with Crippen molar-refractivity contribution >= 4 is 48.7 Å². The Kier molecular flexibility index (Phi) is 5.69. The van der Waals surface area contributed by atoms with Crippen LogP contribution in [0.25, 0.3) is 10.9 Å². The number of nitrogens with zero attached hydrogens (tertiary/aromatic N) is 1. The molecular formula is C22H19Br2N3O. The predicted octanol–water partition coefficient (Wildman–Crippen LogP) is 5.52. The quantitative estimate of drug-likeness (QED) is 0.360. The molecule has 2 aromatic carbocycles. The highest BCUT2D eigenvalue weighted by molar-refractivity contribution is 9.13. The van der Waals surface area contributed by atoms with Crippen LogP contribution in [0.15, 0.2) is 75.9 Å². The zero-order valence-electron chi connectivity index (χ0n) is 15.1. The van der Waals surface area contributed by atoms with Gasteiger partial charge in [0, 0.05) is 30.2 Å². The molecular weight excluding hydrogens is 482 g/mol. The van der Waals surface area contributed by atoms with Gasteiger partial charge in [-0.2, -0.15) is 0 Å². The Balaban J connectivity index is 1.48. The van der Waals surface area contributed by atoms with Gasteiger partial charge in [0.1, 0.15) is 5.69 Å². The Morgan fingerprint density at radius 3 is 2.54 bits per heavy atom. The zero-order chi connectivity index (χ0) is 19.5. The van der Waals surface area contributed by atoms with E-state index in [0.717, 1.165) is 22.0 Å². The number of H-pyrrole nitrogens is 1. The summed E-state index contributed by atoms with van der Waals surface area (Å²) in [7, 11) is 0. The Morgan fingerprint density at radius 1 is 1.04 bits per heavy atom. The number of hydrogen-bond acceptors (Lipinski definition) is 1. The lowest BCUT2D eigenvalue weighted by atomic mass is 10.1. The Labute approximate surface area is 180 Å². The van der Waals surface area contributed by atoms with Crippen LogP contribution in [0.4, 0.5) is 0 Å². The number of hydrogen-bond donors (Lipinski definition) is 2. The first-order valence-corrected chi connectivity index (χ1v) is 10.6. The minimum Gasteiger partial charge on any atom is -0.350 e. The topological polar surface area (TPSA) is 49.8 Å². The van der Waals surface area contributed by atoms with Crippen molar-refractivity contribution in [3.05, 3.63) is 92.8 Å². The number of benzene rings is 2. The molecule has 0 saturated carbocycles. The van der Waals surface area contributed by atoms with E-state index in [1.54, 1.807) is 6.07 Å². The maximum absolute atomic E-state index is 12.3. The fraction of sp³-hybridized carbons (Fsp3) is 0.136. The second-order valence-corrected chi connectivity index (χ2v) is 8.28. The molecule has 4 nitrogen and oxygen atoms in total. The predicted molar refractivity (Wildman–Crippen MR) is 120 cm³/mol. The van der Waals surface area contributed by atoms with Gasteiger partial charge in [0.15, 0.2) is 0 Å². The molecule has 0 saturated heterocycles. The van der Waals surface area contributed by atoms with Gasteiger partial charge in [0.05, 0.1) is 9.08 Å². The van der Waals surface area contributed by atoms with Gasteiger partial charge in [0.25, 0.3) is 5.91 Å². The van der Waals surface area contributed by atoms with Crippen LogP contribution in [0, 0.1) is 0 Å². The van der Waals surface area contributed by atoms with Gasteiger partial charge in [-0.3, -0.25) is 4.79 Å². The van der Waals surface area contributed by atoms with Gasteiger partial charge >= 0.3 is 0 Å². The summed E-state index contributed by atoms with van der Waals surface area (Å²) in [5, 5.41) is 4.22. The fourth-order valence-corrected chi connectivity index (χ4v) is 4.02. The summed E-state index contributed by atoms with van der Waals surface area (Å²) in [5.74, 6) is -0.112. The molecule has 142 valence electrons. The van der Waals surface area contributed by atoms with E-state index in [9.17, 15) is 4.79 Å². The third-order valence-electron chi connectivity index (χ3n) is 4.72. The number of aromatic nitrogens is 2. The van der Waals surface area contributed by atoms with Gasteiger partial charge < -0.3 is 14.9 Å². The van der Waals surface area contributed by atoms with E-state index in [1.165, 1.54) is 22.0 Å². The summed E-state index contributed by atoms with van der Waals surface area (Å²) in [6, 6.07) is 20.6. The van der Waals surface area contributed by atoms with Crippen molar-refractivity contribution in [2.24, 2.45) is 0 Å². The monoisotopic (exact) mass is 499 g/mol. The molecule has 0 aliphatic heterocycles. The average molecular weight is 501 g/mol. The summed E-state index contributed by atoms with van der Waals surface area (Å²) in [6.07, 6.45) is 2.97. The standard InChI is InChI=1S/C22H19Br2N3O/c23-18-12-19(26-21(18)24)22(28)25-11-10-16-14-27(13-15-6-2-1-3-7-15)20-9-5-4-8-17(16)20/h1-9,12,14,26H,10-11,13H2,(H,25,28). The van der Waals surface area contributed by atoms with E-state index in [2.05, 4.69) is 101 Å². The summed E-state index contributed by atoms with van der Waals surface area (Å²) in [5.41, 5.74) is 4.25. The maximum Gasteiger partial charge on any atom is 0.267 e. The molecule has 2 aromatic heterocycles. The SMILES string of the molecule is O=C(NCCc1cn(Cc2ccccc2)c2ccccc12)c1cc(Br)c(Br)[nH]1. The number of rotatable bonds is 6. The molecule has 6 heteroatoms. The van der Waals surface area contributed by atoms with Crippen LogP contribution < -0.4 is 5.32 Å². The third-order valence-corrected chi connectivity index (χ3v) is 6.50. The first-order valence-electron chi connectivity index (χ1n) is 9.04. The van der Waals surface area contributed by atoms with Crippen LogP contribution in [-0.2, 0) is 13.0 Å². The van der Waals surface area contributed by atoms with E-state index in [1.807, 2.05) is 6.07 Å². The highest BCUT2D eigenvalue weighted by Gasteiger charge is 2.12. The van der Waals surface area contributed by atoms with Crippen LogP contribution in [0.2, 0.25) is 0 Å². The number of carbonyl (C=O) groups excluding carboxylic acids is 1. The number of halogens is 2. The second kappa shape index (κ2) is 8.37. The molecule has 0 aliphatic carbocycles. The van der Waals surface area contributed by atoms with Crippen LogP contribution in [0.3, 0.4) is 0 Å². The van der Waals surface area contributed by atoms with E-state index in [-0.39, 0.29) is 5.91 Å². The highest BCUT2D eigenvalue weighted by atomic mass is 79.9. The lowest BCUT2D eigenvalue weighted by Gasteiger charge is -2.05. The number of nitrogens with one attached hydrogen (secondary N) is 2. The minimum absolute atomic E-state index is 0.112. The summed E-state index contributed by atoms with van der Waals surface area (Å²) < 4.78 is 3.88. The van der Waals surface area contributed by atoms with Crippen molar-refractivity contribution in [1.82, 2.24) is 14.9 Å². The number of amides is 1. The smallest absolute Gasteiger partial charge is 0.267 e. The average Bonchev–Trinajstić information content (AvgIpc) is 3.23. The minimum atomic E-state index is -0.112. The lowest BCUT2D eigenvalue weighted by Crippen LogP contribution is -2.25. The molecule has 1 amide bonds. The molecule has 0 unspecified atom stereocenters. The zero-order valence-corrected chi connectivity index (χ0v) is 18.3. The van der Waals surface area contributed by atoms with Crippen molar-refractivity contribution in [1.29, 1.82) is 0 Å². The molecule has 28 heavy (non-hydrogen) atoms.